The zero-order valence-corrected chi connectivity index (χ0v) is 8.40. The summed E-state index contributed by atoms with van der Waals surface area (Å²) >= 11 is 0. The van der Waals surface area contributed by atoms with E-state index >= 15 is 0 Å². The van der Waals surface area contributed by atoms with Gasteiger partial charge in [0.25, 0.3) is 0 Å². The van der Waals surface area contributed by atoms with Crippen molar-refractivity contribution in [2.45, 2.75) is 0 Å². The number of fused-ring (bicyclic) bond motifs is 2. The number of nitrogens with one attached hydrogen (secondary N) is 2. The molecule has 4 heteroatoms. The Bertz CT molecular complexity index is 621. The van der Waals surface area contributed by atoms with Gasteiger partial charge in [-0.1, -0.05) is 30.3 Å². The van der Waals surface area contributed by atoms with Gasteiger partial charge in [-0.15, -0.1) is 6.20 Å². The van der Waals surface area contributed by atoms with Crippen LogP contribution in [0.4, 0.5) is 5.69 Å². The molecular formula is C12H9N3O. The van der Waals surface area contributed by atoms with Gasteiger partial charge >= 0.3 is 0 Å². The van der Waals surface area contributed by atoms with Crippen LogP contribution in [0.25, 0.3) is 22.3 Å². The third kappa shape index (κ3) is 0.900. The fourth-order valence-electron chi connectivity index (χ4n) is 2.28. The Kier molecular flexibility index (Phi) is 1.40. The first-order valence-corrected chi connectivity index (χ1v) is 5.17. The van der Waals surface area contributed by atoms with E-state index in [9.17, 15) is 0 Å². The molecule has 1 atom stereocenters. The predicted octanol–water partition coefficient (Wildman–Crippen LogP) is 1.44. The van der Waals surface area contributed by atoms with E-state index in [1.807, 2.05) is 24.3 Å². The molecule has 1 unspecified atom stereocenters. The molecule has 2 aliphatic rings. The molecule has 2 N–H and O–H groups in total. The monoisotopic (exact) mass is 211 g/mol. The molecule has 0 amide bonds. The van der Waals surface area contributed by atoms with E-state index < -0.39 is 0 Å². The predicted molar refractivity (Wildman–Crippen MR) is 60.7 cm³/mol. The van der Waals surface area contributed by atoms with Crippen molar-refractivity contribution in [3.05, 3.63) is 47.5 Å². The van der Waals surface area contributed by atoms with Crippen LogP contribution in [-0.4, -0.2) is 0 Å². The number of benzene rings is 2. The molecule has 2 aromatic carbocycles. The first-order valence-electron chi connectivity index (χ1n) is 5.17. The molecule has 0 radical (unpaired) electrons. The minimum absolute atomic E-state index is 0.804. The molecule has 0 saturated carbocycles. The van der Waals surface area contributed by atoms with Crippen LogP contribution in [0.15, 0.2) is 36.5 Å². The van der Waals surface area contributed by atoms with Gasteiger partial charge in [0, 0.05) is 11.2 Å². The Balaban J connectivity index is 2.19. The summed E-state index contributed by atoms with van der Waals surface area (Å²) in [7, 11) is 0. The van der Waals surface area contributed by atoms with E-state index in [4.69, 9.17) is 4.84 Å². The molecule has 4 nitrogen and oxygen atoms in total. The van der Waals surface area contributed by atoms with Gasteiger partial charge in [0.05, 0.1) is 0 Å². The van der Waals surface area contributed by atoms with E-state index in [0.717, 1.165) is 16.6 Å². The Labute approximate surface area is 92.0 Å². The molecule has 0 fully saturated rings. The first-order chi connectivity index (χ1) is 7.93. The third-order valence-electron chi connectivity index (χ3n) is 2.99. The summed E-state index contributed by atoms with van der Waals surface area (Å²) in [6.45, 7) is 0. The summed E-state index contributed by atoms with van der Waals surface area (Å²) in [6, 6.07) is 10.3. The van der Waals surface area contributed by atoms with Gasteiger partial charge in [0.1, 0.15) is 0 Å². The lowest BCUT2D eigenvalue weighted by molar-refractivity contribution is -0.856. The molecule has 0 aromatic heterocycles. The van der Waals surface area contributed by atoms with E-state index in [-0.39, 0.29) is 0 Å². The number of rotatable bonds is 0. The first kappa shape index (κ1) is 8.15. The highest BCUT2D eigenvalue weighted by molar-refractivity contribution is 5.97. The smallest absolute Gasteiger partial charge is 0.216 e. The Morgan fingerprint density at radius 2 is 2.19 bits per heavy atom. The molecule has 0 aliphatic carbocycles. The van der Waals surface area contributed by atoms with Crippen molar-refractivity contribution in [1.82, 2.24) is 5.59 Å². The van der Waals surface area contributed by atoms with Crippen LogP contribution in [0.5, 0.6) is 5.75 Å². The van der Waals surface area contributed by atoms with Crippen LogP contribution in [0, 0.1) is 0 Å². The van der Waals surface area contributed by atoms with Gasteiger partial charge in [0.2, 0.25) is 11.4 Å². The van der Waals surface area contributed by atoms with Crippen molar-refractivity contribution in [2.24, 2.45) is 0 Å². The lowest BCUT2D eigenvalue weighted by Crippen LogP contribution is -3.09. The maximum atomic E-state index is 5.41. The average molecular weight is 211 g/mol. The minimum Gasteiger partial charge on any atom is -0.467 e. The fourth-order valence-corrected chi connectivity index (χ4v) is 2.28. The minimum atomic E-state index is 0.804. The highest BCUT2D eigenvalue weighted by Gasteiger charge is 2.28. The van der Waals surface area contributed by atoms with Crippen LogP contribution in [0.1, 0.15) is 5.56 Å². The maximum absolute atomic E-state index is 5.41. The Hall–Kier alpha value is -2.04. The van der Waals surface area contributed by atoms with Crippen LogP contribution in [-0.2, 0) is 0 Å². The zero-order valence-electron chi connectivity index (χ0n) is 8.40. The molecule has 2 aromatic rings. The van der Waals surface area contributed by atoms with Crippen LogP contribution >= 0.6 is 0 Å². The topological polar surface area (TPSA) is 39.8 Å². The normalized spacial score (nSPS) is 20.4. The van der Waals surface area contributed by atoms with E-state index in [1.54, 1.807) is 6.20 Å². The van der Waals surface area contributed by atoms with Crippen molar-refractivity contribution >= 4 is 22.5 Å². The molecule has 4 rings (SSSR count). The van der Waals surface area contributed by atoms with Crippen molar-refractivity contribution in [3.63, 3.8) is 0 Å². The van der Waals surface area contributed by atoms with E-state index in [2.05, 4.69) is 23.1 Å². The largest absolute Gasteiger partial charge is 0.467 e. The van der Waals surface area contributed by atoms with E-state index in [1.165, 1.54) is 16.3 Å². The zero-order chi connectivity index (χ0) is 10.5. The molecule has 0 saturated heterocycles. The quantitative estimate of drug-likeness (QED) is 0.692. The van der Waals surface area contributed by atoms with Crippen molar-refractivity contribution in [2.75, 3.05) is 0 Å². The second-order valence-corrected chi connectivity index (χ2v) is 3.88. The lowest BCUT2D eigenvalue weighted by Gasteiger charge is -2.25. The SMILES string of the molecule is C1=Cc2c3c(cc4ccccc24)ON[NH+]3[N-]1. The second-order valence-electron chi connectivity index (χ2n) is 3.88. The standard InChI is InChI=1S/C12H9N3O/c1-2-4-9-8(3-1)7-11-12-10(9)5-6-13-15(12)14-16-11/h1-7,14-15H. The number of nitrogens with zero attached hydrogens (tertiary/aromatic N) is 1. The summed E-state index contributed by atoms with van der Waals surface area (Å²) in [4.78, 5) is 5.41. The van der Waals surface area contributed by atoms with Gasteiger partial charge in [-0.05, 0) is 16.8 Å². The van der Waals surface area contributed by atoms with Crippen molar-refractivity contribution in [1.29, 1.82) is 0 Å². The lowest BCUT2D eigenvalue weighted by atomic mass is 10.0. The maximum Gasteiger partial charge on any atom is 0.216 e. The summed E-state index contributed by atoms with van der Waals surface area (Å²) in [5.41, 5.74) is 9.34. The third-order valence-corrected chi connectivity index (χ3v) is 2.99. The van der Waals surface area contributed by atoms with Crippen LogP contribution < -0.4 is 15.5 Å². The number of quaternary nitrogens is 1. The fraction of sp³-hybridized carbons (Fsp3) is 0. The summed E-state index contributed by atoms with van der Waals surface area (Å²) in [5.74, 6) is 0.858. The summed E-state index contributed by atoms with van der Waals surface area (Å²) in [5, 5.41) is 3.22. The van der Waals surface area contributed by atoms with Gasteiger partial charge < -0.3 is 10.3 Å². The highest BCUT2D eigenvalue weighted by Crippen LogP contribution is 2.36. The van der Waals surface area contributed by atoms with Crippen molar-refractivity contribution in [3.8, 4) is 5.75 Å². The van der Waals surface area contributed by atoms with Gasteiger partial charge in [-0.2, -0.15) is 0 Å². The highest BCUT2D eigenvalue weighted by atomic mass is 16.7. The Morgan fingerprint density at radius 1 is 1.25 bits per heavy atom. The molecule has 78 valence electrons. The van der Waals surface area contributed by atoms with Crippen molar-refractivity contribution < 1.29 is 9.96 Å². The Morgan fingerprint density at radius 3 is 3.19 bits per heavy atom. The van der Waals surface area contributed by atoms with Crippen LogP contribution in [0.3, 0.4) is 0 Å². The number of hydrogen-bond acceptors (Lipinski definition) is 2. The molecule has 16 heavy (non-hydrogen) atoms. The summed E-state index contributed by atoms with van der Waals surface area (Å²) < 4.78 is 0. The molecule has 0 spiro atoms. The molecule has 2 aliphatic heterocycles. The second kappa shape index (κ2) is 2.75. The summed E-state index contributed by atoms with van der Waals surface area (Å²) in [6.07, 6.45) is 3.83. The molecule has 0 bridgehead atoms. The van der Waals surface area contributed by atoms with E-state index in [0.29, 0.717) is 0 Å². The molecule has 2 heterocycles. The van der Waals surface area contributed by atoms with Gasteiger partial charge in [-0.3, -0.25) is 0 Å². The number of hydrogen-bond donors (Lipinski definition) is 2. The van der Waals surface area contributed by atoms with Gasteiger partial charge in [-0.25, -0.2) is 5.12 Å². The molecular weight excluding hydrogens is 202 g/mol. The average Bonchev–Trinajstić information content (AvgIpc) is 2.75. The van der Waals surface area contributed by atoms with Crippen LogP contribution in [0.2, 0.25) is 0 Å². The van der Waals surface area contributed by atoms with Gasteiger partial charge in [0.15, 0.2) is 0 Å².